The zero-order valence-corrected chi connectivity index (χ0v) is 9.39. The Hall–Kier alpha value is -2.66. The van der Waals surface area contributed by atoms with Crippen LogP contribution in [0.4, 0.5) is 5.69 Å². The first-order chi connectivity index (χ1) is 8.69. The highest BCUT2D eigenvalue weighted by molar-refractivity contribution is 5.83. The summed E-state index contributed by atoms with van der Waals surface area (Å²) in [7, 11) is 0. The molecule has 7 nitrogen and oxygen atoms in total. The van der Waals surface area contributed by atoms with Crippen LogP contribution in [-0.2, 0) is 0 Å². The normalized spacial score (nSPS) is 10.0. The van der Waals surface area contributed by atoms with E-state index >= 15 is 0 Å². The number of nitro groups is 1. The van der Waals surface area contributed by atoms with Crippen molar-refractivity contribution in [3.8, 4) is 0 Å². The van der Waals surface area contributed by atoms with Gasteiger partial charge in [-0.25, -0.2) is 0 Å². The smallest absolute Gasteiger partial charge is 0.270 e. The van der Waals surface area contributed by atoms with Gasteiger partial charge in [-0.1, -0.05) is 17.3 Å². The lowest BCUT2D eigenvalue weighted by molar-refractivity contribution is -0.384. The van der Waals surface area contributed by atoms with Gasteiger partial charge in [-0.2, -0.15) is 0 Å². The molecule has 1 rings (SSSR count). The van der Waals surface area contributed by atoms with Crippen molar-refractivity contribution in [2.75, 3.05) is 6.54 Å². The summed E-state index contributed by atoms with van der Waals surface area (Å²) < 4.78 is 0. The van der Waals surface area contributed by atoms with Crippen LogP contribution in [-0.4, -0.2) is 17.8 Å². The van der Waals surface area contributed by atoms with E-state index in [9.17, 15) is 14.9 Å². The molecule has 0 unspecified atom stereocenters. The van der Waals surface area contributed by atoms with Crippen LogP contribution in [0.1, 0.15) is 22.3 Å². The SMILES string of the molecule is [N-]=[N+]=NCCC=Cc1ccc([N+](=O)[O-])cc1C=O. The topological polar surface area (TPSA) is 109 Å². The van der Waals surface area contributed by atoms with E-state index in [2.05, 4.69) is 10.0 Å². The number of nitrogens with zero attached hydrogens (tertiary/aromatic N) is 4. The van der Waals surface area contributed by atoms with E-state index in [1.165, 1.54) is 18.2 Å². The fourth-order valence-electron chi connectivity index (χ4n) is 1.32. The quantitative estimate of drug-likeness (QED) is 0.146. The molecule has 0 N–H and O–H groups in total. The lowest BCUT2D eigenvalue weighted by Crippen LogP contribution is -1.92. The number of azide groups is 1. The Balaban J connectivity index is 2.85. The molecule has 0 fully saturated rings. The van der Waals surface area contributed by atoms with Gasteiger partial charge < -0.3 is 0 Å². The fourth-order valence-corrected chi connectivity index (χ4v) is 1.32. The summed E-state index contributed by atoms with van der Waals surface area (Å²) in [4.78, 5) is 23.4. The minimum Gasteiger partial charge on any atom is -0.298 e. The lowest BCUT2D eigenvalue weighted by Gasteiger charge is -1.98. The summed E-state index contributed by atoms with van der Waals surface area (Å²) in [5, 5.41) is 13.9. The predicted molar refractivity (Wildman–Crippen MR) is 66.1 cm³/mol. The summed E-state index contributed by atoms with van der Waals surface area (Å²) in [6.45, 7) is 0.330. The molecule has 0 aliphatic rings. The first-order valence-corrected chi connectivity index (χ1v) is 5.10. The average Bonchev–Trinajstić information content (AvgIpc) is 2.38. The minimum absolute atomic E-state index is 0.122. The van der Waals surface area contributed by atoms with Crippen molar-refractivity contribution >= 4 is 18.0 Å². The average molecular weight is 246 g/mol. The molecule has 0 heterocycles. The Morgan fingerprint density at radius 1 is 1.44 bits per heavy atom. The number of non-ortho nitro benzene ring substituents is 1. The van der Waals surface area contributed by atoms with Gasteiger partial charge in [0.1, 0.15) is 0 Å². The molecule has 0 saturated carbocycles. The van der Waals surface area contributed by atoms with Gasteiger partial charge in [0.25, 0.3) is 5.69 Å². The molecule has 7 heteroatoms. The van der Waals surface area contributed by atoms with Crippen LogP contribution in [0.3, 0.4) is 0 Å². The number of carbonyl (C=O) groups excluding carboxylic acids is 1. The zero-order chi connectivity index (χ0) is 13.4. The van der Waals surface area contributed by atoms with E-state index in [4.69, 9.17) is 5.53 Å². The second-order valence-electron chi connectivity index (χ2n) is 3.33. The van der Waals surface area contributed by atoms with Crippen molar-refractivity contribution in [3.63, 3.8) is 0 Å². The highest BCUT2D eigenvalue weighted by atomic mass is 16.6. The van der Waals surface area contributed by atoms with E-state index < -0.39 is 4.92 Å². The zero-order valence-electron chi connectivity index (χ0n) is 9.39. The first kappa shape index (κ1) is 13.4. The molecule has 0 saturated heterocycles. The second-order valence-corrected chi connectivity index (χ2v) is 3.33. The third-order valence-electron chi connectivity index (χ3n) is 2.16. The van der Waals surface area contributed by atoms with Gasteiger partial charge in [-0.3, -0.25) is 14.9 Å². The van der Waals surface area contributed by atoms with E-state index in [-0.39, 0.29) is 11.3 Å². The molecule has 0 amide bonds. The van der Waals surface area contributed by atoms with Crippen LogP contribution in [0.25, 0.3) is 16.5 Å². The molecular weight excluding hydrogens is 236 g/mol. The third kappa shape index (κ3) is 3.73. The van der Waals surface area contributed by atoms with E-state index in [0.29, 0.717) is 24.8 Å². The molecule has 18 heavy (non-hydrogen) atoms. The number of nitro benzene ring substituents is 1. The highest BCUT2D eigenvalue weighted by Gasteiger charge is 2.08. The maximum Gasteiger partial charge on any atom is 0.270 e. The first-order valence-electron chi connectivity index (χ1n) is 5.10. The molecule has 1 aromatic carbocycles. The number of benzene rings is 1. The van der Waals surface area contributed by atoms with Crippen LogP contribution in [0.2, 0.25) is 0 Å². The van der Waals surface area contributed by atoms with Gasteiger partial charge in [-0.15, -0.1) is 0 Å². The number of hydrogen-bond acceptors (Lipinski definition) is 4. The van der Waals surface area contributed by atoms with Gasteiger partial charge >= 0.3 is 0 Å². The molecule has 0 aliphatic heterocycles. The fraction of sp³-hybridized carbons (Fsp3) is 0.182. The molecule has 1 aromatic rings. The van der Waals surface area contributed by atoms with E-state index in [1.54, 1.807) is 12.2 Å². The summed E-state index contributed by atoms with van der Waals surface area (Å²) in [6.07, 6.45) is 4.52. The summed E-state index contributed by atoms with van der Waals surface area (Å²) in [5.41, 5.74) is 8.80. The van der Waals surface area contributed by atoms with Gasteiger partial charge in [0.2, 0.25) is 0 Å². The molecule has 92 valence electrons. The second kappa shape index (κ2) is 6.82. The van der Waals surface area contributed by atoms with Crippen LogP contribution in [0, 0.1) is 10.1 Å². The molecule has 0 radical (unpaired) electrons. The highest BCUT2D eigenvalue weighted by Crippen LogP contribution is 2.17. The third-order valence-corrected chi connectivity index (χ3v) is 2.16. The Bertz CT molecular complexity index is 533. The van der Waals surface area contributed by atoms with Gasteiger partial charge in [0.15, 0.2) is 6.29 Å². The molecule has 0 aliphatic carbocycles. The van der Waals surface area contributed by atoms with Crippen LogP contribution < -0.4 is 0 Å². The van der Waals surface area contributed by atoms with Gasteiger partial charge in [0.05, 0.1) is 4.92 Å². The van der Waals surface area contributed by atoms with Crippen molar-refractivity contribution in [3.05, 3.63) is 56.0 Å². The van der Waals surface area contributed by atoms with Gasteiger partial charge in [0, 0.05) is 29.2 Å². The van der Waals surface area contributed by atoms with Crippen LogP contribution in [0.15, 0.2) is 29.4 Å². The number of aldehydes is 1. The minimum atomic E-state index is -0.553. The lowest BCUT2D eigenvalue weighted by atomic mass is 10.1. The largest absolute Gasteiger partial charge is 0.298 e. The number of carbonyl (C=O) groups is 1. The Morgan fingerprint density at radius 3 is 2.83 bits per heavy atom. The molecule has 0 bridgehead atoms. The number of rotatable bonds is 6. The standard InChI is InChI=1S/C11H10N4O3/c12-14-13-6-2-1-3-9-4-5-11(15(17)18)7-10(9)8-16/h1,3-5,7-8H,2,6H2. The van der Waals surface area contributed by atoms with E-state index in [0.717, 1.165) is 0 Å². The maximum absolute atomic E-state index is 10.8. The molecule has 0 atom stereocenters. The Morgan fingerprint density at radius 2 is 2.22 bits per heavy atom. The summed E-state index contributed by atoms with van der Waals surface area (Å²) in [5.74, 6) is 0. The molecular formula is C11H10N4O3. The van der Waals surface area contributed by atoms with Crippen molar-refractivity contribution in [2.45, 2.75) is 6.42 Å². The Labute approximate surface area is 103 Å². The number of hydrogen-bond donors (Lipinski definition) is 0. The van der Waals surface area contributed by atoms with Crippen molar-refractivity contribution in [2.24, 2.45) is 5.11 Å². The van der Waals surface area contributed by atoms with Crippen LogP contribution >= 0.6 is 0 Å². The van der Waals surface area contributed by atoms with Crippen molar-refractivity contribution < 1.29 is 9.72 Å². The van der Waals surface area contributed by atoms with Crippen molar-refractivity contribution in [1.82, 2.24) is 0 Å². The van der Waals surface area contributed by atoms with Crippen molar-refractivity contribution in [1.29, 1.82) is 0 Å². The van der Waals surface area contributed by atoms with Crippen LogP contribution in [0.5, 0.6) is 0 Å². The molecule has 0 spiro atoms. The monoisotopic (exact) mass is 246 g/mol. The molecule has 0 aromatic heterocycles. The summed E-state index contributed by atoms with van der Waals surface area (Å²) >= 11 is 0. The van der Waals surface area contributed by atoms with Gasteiger partial charge in [-0.05, 0) is 23.6 Å². The van der Waals surface area contributed by atoms with E-state index in [1.807, 2.05) is 0 Å². The maximum atomic E-state index is 10.8. The summed E-state index contributed by atoms with van der Waals surface area (Å²) in [6, 6.07) is 4.06. The Kier molecular flexibility index (Phi) is 5.08. The predicted octanol–water partition coefficient (Wildman–Crippen LogP) is 3.12.